The SMILES string of the molecule is CNCC1CCN(C(=O)C(C)(C)c2ccccc2)C1.Cl. The maximum atomic E-state index is 12.7. The van der Waals surface area contributed by atoms with Gasteiger partial charge in [-0.15, -0.1) is 12.4 Å². The molecule has 1 unspecified atom stereocenters. The molecule has 1 aliphatic heterocycles. The lowest BCUT2D eigenvalue weighted by Gasteiger charge is -2.29. The molecule has 20 heavy (non-hydrogen) atoms. The number of benzene rings is 1. The second kappa shape index (κ2) is 7.09. The zero-order chi connectivity index (χ0) is 13.9. The number of likely N-dealkylation sites (tertiary alicyclic amines) is 1. The van der Waals surface area contributed by atoms with E-state index in [2.05, 4.69) is 5.32 Å². The lowest BCUT2D eigenvalue weighted by Crippen LogP contribution is -2.42. The molecular weight excluding hydrogens is 272 g/mol. The van der Waals surface area contributed by atoms with Crippen LogP contribution in [0.5, 0.6) is 0 Å². The summed E-state index contributed by atoms with van der Waals surface area (Å²) < 4.78 is 0. The minimum atomic E-state index is -0.435. The third kappa shape index (κ3) is 3.53. The van der Waals surface area contributed by atoms with E-state index in [0.29, 0.717) is 5.92 Å². The maximum absolute atomic E-state index is 12.7. The lowest BCUT2D eigenvalue weighted by atomic mass is 9.83. The summed E-state index contributed by atoms with van der Waals surface area (Å²) in [7, 11) is 1.97. The summed E-state index contributed by atoms with van der Waals surface area (Å²) in [4.78, 5) is 14.7. The average molecular weight is 297 g/mol. The normalized spacial score (nSPS) is 18.8. The predicted molar refractivity (Wildman–Crippen MR) is 85.3 cm³/mol. The van der Waals surface area contributed by atoms with Gasteiger partial charge in [-0.1, -0.05) is 30.3 Å². The number of halogens is 1. The van der Waals surface area contributed by atoms with Gasteiger partial charge in [-0.05, 0) is 45.3 Å². The first-order valence-corrected chi connectivity index (χ1v) is 7.05. The van der Waals surface area contributed by atoms with Crippen molar-refractivity contribution in [3.8, 4) is 0 Å². The summed E-state index contributed by atoms with van der Waals surface area (Å²) in [6.07, 6.45) is 1.11. The molecule has 2 rings (SSSR count). The van der Waals surface area contributed by atoms with Crippen molar-refractivity contribution in [2.24, 2.45) is 5.92 Å². The molecule has 1 heterocycles. The standard InChI is InChI=1S/C16H24N2O.ClH/c1-16(2,14-7-5-4-6-8-14)15(19)18-10-9-13(12-18)11-17-3;/h4-8,13,17H,9-12H2,1-3H3;1H. The van der Waals surface area contributed by atoms with Crippen molar-refractivity contribution >= 4 is 18.3 Å². The van der Waals surface area contributed by atoms with Crippen molar-refractivity contribution in [2.45, 2.75) is 25.7 Å². The monoisotopic (exact) mass is 296 g/mol. The molecule has 0 radical (unpaired) electrons. The Morgan fingerprint density at radius 3 is 2.60 bits per heavy atom. The van der Waals surface area contributed by atoms with E-state index in [0.717, 1.165) is 31.6 Å². The molecule has 0 aliphatic carbocycles. The van der Waals surface area contributed by atoms with Gasteiger partial charge in [0.05, 0.1) is 5.41 Å². The number of amides is 1. The number of nitrogens with one attached hydrogen (secondary N) is 1. The van der Waals surface area contributed by atoms with E-state index < -0.39 is 5.41 Å². The highest BCUT2D eigenvalue weighted by molar-refractivity contribution is 5.87. The average Bonchev–Trinajstić information content (AvgIpc) is 2.88. The van der Waals surface area contributed by atoms with Gasteiger partial charge in [-0.3, -0.25) is 4.79 Å². The first-order valence-electron chi connectivity index (χ1n) is 7.05. The Morgan fingerprint density at radius 2 is 2.00 bits per heavy atom. The molecule has 112 valence electrons. The van der Waals surface area contributed by atoms with Crippen molar-refractivity contribution in [2.75, 3.05) is 26.7 Å². The maximum Gasteiger partial charge on any atom is 0.232 e. The third-order valence-electron chi connectivity index (χ3n) is 4.10. The summed E-state index contributed by atoms with van der Waals surface area (Å²) >= 11 is 0. The number of rotatable bonds is 4. The van der Waals surface area contributed by atoms with Crippen LogP contribution in [-0.2, 0) is 10.2 Å². The Bertz CT molecular complexity index is 433. The number of hydrogen-bond acceptors (Lipinski definition) is 2. The second-order valence-electron chi connectivity index (χ2n) is 5.95. The van der Waals surface area contributed by atoms with Crippen LogP contribution in [0.3, 0.4) is 0 Å². The van der Waals surface area contributed by atoms with Gasteiger partial charge in [0.25, 0.3) is 0 Å². The van der Waals surface area contributed by atoms with Crippen molar-refractivity contribution in [3.05, 3.63) is 35.9 Å². The zero-order valence-electron chi connectivity index (χ0n) is 12.6. The van der Waals surface area contributed by atoms with Crippen LogP contribution < -0.4 is 5.32 Å². The van der Waals surface area contributed by atoms with Crippen LogP contribution in [0.4, 0.5) is 0 Å². The predicted octanol–water partition coefficient (Wildman–Crippen LogP) is 2.45. The summed E-state index contributed by atoms with van der Waals surface area (Å²) in [5.74, 6) is 0.845. The van der Waals surface area contributed by atoms with E-state index in [9.17, 15) is 4.79 Å². The molecular formula is C16H25ClN2O. The van der Waals surface area contributed by atoms with Crippen LogP contribution in [0.1, 0.15) is 25.8 Å². The smallest absolute Gasteiger partial charge is 0.232 e. The van der Waals surface area contributed by atoms with Crippen molar-refractivity contribution in [3.63, 3.8) is 0 Å². The van der Waals surface area contributed by atoms with Gasteiger partial charge in [0, 0.05) is 13.1 Å². The Hall–Kier alpha value is -1.06. The molecule has 0 bridgehead atoms. The molecule has 1 aromatic carbocycles. The first-order chi connectivity index (χ1) is 9.05. The molecule has 1 aliphatic rings. The molecule has 0 spiro atoms. The van der Waals surface area contributed by atoms with Crippen LogP contribution >= 0.6 is 12.4 Å². The number of carbonyl (C=O) groups is 1. The summed E-state index contributed by atoms with van der Waals surface area (Å²) in [6, 6.07) is 10.1. The Labute approximate surface area is 128 Å². The fourth-order valence-corrected chi connectivity index (χ4v) is 2.85. The van der Waals surface area contributed by atoms with Crippen LogP contribution in [-0.4, -0.2) is 37.5 Å². The van der Waals surface area contributed by atoms with Crippen LogP contribution in [0, 0.1) is 5.92 Å². The van der Waals surface area contributed by atoms with Crippen LogP contribution in [0.25, 0.3) is 0 Å². The minimum Gasteiger partial charge on any atom is -0.342 e. The topological polar surface area (TPSA) is 32.3 Å². The number of nitrogens with zero attached hydrogens (tertiary/aromatic N) is 1. The first kappa shape index (κ1) is 17.0. The molecule has 3 nitrogen and oxygen atoms in total. The summed E-state index contributed by atoms with van der Waals surface area (Å²) in [5.41, 5.74) is 0.660. The van der Waals surface area contributed by atoms with Gasteiger partial charge in [0.2, 0.25) is 5.91 Å². The van der Waals surface area contributed by atoms with Gasteiger partial charge in [-0.25, -0.2) is 0 Å². The number of carbonyl (C=O) groups excluding carboxylic acids is 1. The number of hydrogen-bond donors (Lipinski definition) is 1. The quantitative estimate of drug-likeness (QED) is 0.926. The van der Waals surface area contributed by atoms with Gasteiger partial charge < -0.3 is 10.2 Å². The Kier molecular flexibility index (Phi) is 6.03. The van der Waals surface area contributed by atoms with Gasteiger partial charge in [0.1, 0.15) is 0 Å². The molecule has 0 saturated carbocycles. The third-order valence-corrected chi connectivity index (χ3v) is 4.10. The molecule has 1 saturated heterocycles. The zero-order valence-corrected chi connectivity index (χ0v) is 13.4. The largest absolute Gasteiger partial charge is 0.342 e. The molecule has 1 atom stereocenters. The van der Waals surface area contributed by atoms with Gasteiger partial charge in [-0.2, -0.15) is 0 Å². The highest BCUT2D eigenvalue weighted by Crippen LogP contribution is 2.28. The fourth-order valence-electron chi connectivity index (χ4n) is 2.85. The van der Waals surface area contributed by atoms with Crippen molar-refractivity contribution in [1.29, 1.82) is 0 Å². The molecule has 1 fully saturated rings. The van der Waals surface area contributed by atoms with Crippen molar-refractivity contribution < 1.29 is 4.79 Å². The van der Waals surface area contributed by atoms with E-state index >= 15 is 0 Å². The second-order valence-corrected chi connectivity index (χ2v) is 5.95. The van der Waals surface area contributed by atoms with Crippen molar-refractivity contribution in [1.82, 2.24) is 10.2 Å². The molecule has 1 aromatic rings. The minimum absolute atomic E-state index is 0. The molecule has 1 N–H and O–H groups in total. The van der Waals surface area contributed by atoms with E-state index in [-0.39, 0.29) is 18.3 Å². The molecule has 1 amide bonds. The highest BCUT2D eigenvalue weighted by Gasteiger charge is 2.36. The lowest BCUT2D eigenvalue weighted by molar-refractivity contribution is -0.135. The Balaban J connectivity index is 0.00000200. The highest BCUT2D eigenvalue weighted by atomic mass is 35.5. The molecule has 4 heteroatoms. The van der Waals surface area contributed by atoms with Crippen LogP contribution in [0.15, 0.2) is 30.3 Å². The van der Waals surface area contributed by atoms with E-state index in [4.69, 9.17) is 0 Å². The van der Waals surface area contributed by atoms with E-state index in [1.54, 1.807) is 0 Å². The molecule has 0 aromatic heterocycles. The fraction of sp³-hybridized carbons (Fsp3) is 0.562. The summed E-state index contributed by atoms with van der Waals surface area (Å²) in [5, 5.41) is 3.20. The Morgan fingerprint density at radius 1 is 1.35 bits per heavy atom. The summed E-state index contributed by atoms with van der Waals surface area (Å²) in [6.45, 7) is 6.82. The van der Waals surface area contributed by atoms with Gasteiger partial charge in [0.15, 0.2) is 0 Å². The van der Waals surface area contributed by atoms with E-state index in [1.807, 2.05) is 56.1 Å². The van der Waals surface area contributed by atoms with Gasteiger partial charge >= 0.3 is 0 Å². The van der Waals surface area contributed by atoms with Crippen LogP contribution in [0.2, 0.25) is 0 Å². The van der Waals surface area contributed by atoms with E-state index in [1.165, 1.54) is 0 Å².